The average Bonchev–Trinajstić information content (AvgIpc) is 2.61. The number of benzene rings is 3. The van der Waals surface area contributed by atoms with Gasteiger partial charge >= 0.3 is 11.9 Å². The van der Waals surface area contributed by atoms with Gasteiger partial charge in [0, 0.05) is 30.7 Å². The minimum atomic E-state index is -0.605. The zero-order valence-electron chi connectivity index (χ0n) is 15.1. The van der Waals surface area contributed by atoms with Crippen LogP contribution in [0.1, 0.15) is 42.3 Å². The molecular weight excluding hydrogens is 408 g/mol. The van der Waals surface area contributed by atoms with Crippen molar-refractivity contribution in [1.29, 1.82) is 0 Å². The summed E-state index contributed by atoms with van der Waals surface area (Å²) in [5, 5.41) is 4.58. The largest absolute Gasteiger partial charge is 0.458 e. The van der Waals surface area contributed by atoms with E-state index in [2.05, 4.69) is 40.2 Å². The molecule has 0 N–H and O–H groups in total. The fraction of sp³-hybridized carbons (Fsp3) is 0.273. The van der Waals surface area contributed by atoms with Gasteiger partial charge in [-0.1, -0.05) is 52.3 Å². The third-order valence-corrected chi connectivity index (χ3v) is 5.80. The molecule has 0 spiro atoms. The standard InChI is InChI=1S/C22H19BrO4/c1-12(24)26-20-11-19(23)21-17(22(20)27-13(2)25)8-7-16-9-14-5-3-4-6-15(14)10-18(16)21/h3-10,19-20,22H,11H2,1-2H3. The van der Waals surface area contributed by atoms with Gasteiger partial charge in [-0.05, 0) is 39.2 Å². The van der Waals surface area contributed by atoms with Crippen LogP contribution in [0.2, 0.25) is 0 Å². The van der Waals surface area contributed by atoms with E-state index in [9.17, 15) is 9.59 Å². The van der Waals surface area contributed by atoms with Gasteiger partial charge in [0.15, 0.2) is 6.10 Å². The van der Waals surface area contributed by atoms with E-state index < -0.39 is 18.2 Å². The molecule has 3 aromatic rings. The fourth-order valence-corrected chi connectivity index (χ4v) is 4.82. The van der Waals surface area contributed by atoms with E-state index in [0.29, 0.717) is 6.42 Å². The van der Waals surface area contributed by atoms with Gasteiger partial charge < -0.3 is 9.47 Å². The summed E-state index contributed by atoms with van der Waals surface area (Å²) in [5.41, 5.74) is 1.97. The van der Waals surface area contributed by atoms with Gasteiger partial charge in [-0.2, -0.15) is 0 Å². The zero-order valence-corrected chi connectivity index (χ0v) is 16.7. The lowest BCUT2D eigenvalue weighted by atomic mass is 9.83. The molecule has 4 nitrogen and oxygen atoms in total. The summed E-state index contributed by atoms with van der Waals surface area (Å²) in [7, 11) is 0. The molecule has 0 aromatic heterocycles. The second-order valence-corrected chi connectivity index (χ2v) is 7.98. The minimum Gasteiger partial charge on any atom is -0.458 e. The van der Waals surface area contributed by atoms with Crippen molar-refractivity contribution in [2.75, 3.05) is 0 Å². The monoisotopic (exact) mass is 426 g/mol. The molecule has 0 bridgehead atoms. The van der Waals surface area contributed by atoms with E-state index in [4.69, 9.17) is 9.47 Å². The molecule has 4 rings (SSSR count). The lowest BCUT2D eigenvalue weighted by molar-refractivity contribution is -0.167. The number of alkyl halides is 1. The molecular formula is C22H19BrO4. The maximum atomic E-state index is 11.7. The van der Waals surface area contributed by atoms with Crippen molar-refractivity contribution in [2.24, 2.45) is 0 Å². The Morgan fingerprint density at radius 2 is 1.59 bits per heavy atom. The fourth-order valence-electron chi connectivity index (χ4n) is 3.94. The molecule has 0 saturated heterocycles. The van der Waals surface area contributed by atoms with Crippen molar-refractivity contribution in [1.82, 2.24) is 0 Å². The van der Waals surface area contributed by atoms with E-state index in [0.717, 1.165) is 27.3 Å². The quantitative estimate of drug-likeness (QED) is 0.314. The van der Waals surface area contributed by atoms with E-state index in [1.807, 2.05) is 24.3 Å². The summed E-state index contributed by atoms with van der Waals surface area (Å²) in [6, 6.07) is 16.6. The molecule has 0 saturated carbocycles. The predicted molar refractivity (Wildman–Crippen MR) is 108 cm³/mol. The van der Waals surface area contributed by atoms with E-state index in [-0.39, 0.29) is 10.8 Å². The van der Waals surface area contributed by atoms with Gasteiger partial charge in [-0.3, -0.25) is 9.59 Å². The number of carbonyl (C=O) groups is 2. The van der Waals surface area contributed by atoms with Crippen molar-refractivity contribution < 1.29 is 19.1 Å². The molecule has 1 aliphatic rings. The first kappa shape index (κ1) is 18.0. The summed E-state index contributed by atoms with van der Waals surface area (Å²) < 4.78 is 11.0. The van der Waals surface area contributed by atoms with Gasteiger partial charge in [-0.15, -0.1) is 0 Å². The number of fused-ring (bicyclic) bond motifs is 4. The number of rotatable bonds is 2. The van der Waals surface area contributed by atoms with Crippen molar-refractivity contribution in [3.63, 3.8) is 0 Å². The molecule has 1 aliphatic carbocycles. The second kappa shape index (κ2) is 6.97. The Morgan fingerprint density at radius 1 is 0.926 bits per heavy atom. The zero-order chi connectivity index (χ0) is 19.1. The van der Waals surface area contributed by atoms with Gasteiger partial charge in [-0.25, -0.2) is 0 Å². The molecule has 3 aromatic carbocycles. The molecule has 27 heavy (non-hydrogen) atoms. The normalized spacial score (nSPS) is 21.7. The van der Waals surface area contributed by atoms with E-state index in [1.54, 1.807) is 0 Å². The van der Waals surface area contributed by atoms with Crippen LogP contribution in [0.4, 0.5) is 0 Å². The average molecular weight is 427 g/mol. The minimum absolute atomic E-state index is 0.00600. The Bertz CT molecular complexity index is 1060. The molecule has 3 unspecified atom stereocenters. The van der Waals surface area contributed by atoms with Gasteiger partial charge in [0.1, 0.15) is 6.10 Å². The number of ether oxygens (including phenoxy) is 2. The number of halogens is 1. The molecule has 0 fully saturated rings. The molecule has 3 atom stereocenters. The third kappa shape index (κ3) is 3.32. The van der Waals surface area contributed by atoms with Crippen molar-refractivity contribution in [3.05, 3.63) is 59.7 Å². The molecule has 138 valence electrons. The summed E-state index contributed by atoms with van der Waals surface area (Å²) in [5.74, 6) is -0.776. The van der Waals surface area contributed by atoms with Crippen LogP contribution < -0.4 is 0 Å². The van der Waals surface area contributed by atoms with Gasteiger partial charge in [0.2, 0.25) is 0 Å². The molecule has 0 amide bonds. The highest BCUT2D eigenvalue weighted by Gasteiger charge is 2.39. The topological polar surface area (TPSA) is 52.6 Å². The lowest BCUT2D eigenvalue weighted by Gasteiger charge is -2.35. The maximum absolute atomic E-state index is 11.7. The maximum Gasteiger partial charge on any atom is 0.303 e. The van der Waals surface area contributed by atoms with Gasteiger partial charge in [0.25, 0.3) is 0 Å². The van der Waals surface area contributed by atoms with Crippen LogP contribution in [0.3, 0.4) is 0 Å². The summed E-state index contributed by atoms with van der Waals surface area (Å²) >= 11 is 3.76. The van der Waals surface area contributed by atoms with Crippen LogP contribution in [0, 0.1) is 0 Å². The number of carbonyl (C=O) groups excluding carboxylic acids is 2. The molecule has 0 radical (unpaired) electrons. The van der Waals surface area contributed by atoms with Crippen LogP contribution in [0.25, 0.3) is 21.5 Å². The summed E-state index contributed by atoms with van der Waals surface area (Å²) in [6.45, 7) is 2.75. The highest BCUT2D eigenvalue weighted by atomic mass is 79.9. The first-order valence-electron chi connectivity index (χ1n) is 8.88. The lowest BCUT2D eigenvalue weighted by Crippen LogP contribution is -2.33. The van der Waals surface area contributed by atoms with Crippen LogP contribution in [0.15, 0.2) is 48.5 Å². The highest BCUT2D eigenvalue weighted by Crippen LogP contribution is 2.47. The molecule has 0 aliphatic heterocycles. The third-order valence-electron chi connectivity index (χ3n) is 4.97. The van der Waals surface area contributed by atoms with Crippen LogP contribution in [-0.4, -0.2) is 18.0 Å². The molecule has 5 heteroatoms. The van der Waals surface area contributed by atoms with E-state index >= 15 is 0 Å². The first-order chi connectivity index (χ1) is 12.9. The smallest absolute Gasteiger partial charge is 0.303 e. The SMILES string of the molecule is CC(=O)OC1CC(Br)c2c(ccc3cc4ccccc4cc23)C1OC(C)=O. The number of esters is 2. The van der Waals surface area contributed by atoms with Crippen LogP contribution in [0.5, 0.6) is 0 Å². The summed E-state index contributed by atoms with van der Waals surface area (Å²) in [6.07, 6.45) is -0.580. The Labute approximate surface area is 165 Å². The summed E-state index contributed by atoms with van der Waals surface area (Å²) in [4.78, 5) is 23.2. The number of hydrogen-bond donors (Lipinski definition) is 0. The van der Waals surface area contributed by atoms with Crippen molar-refractivity contribution in [2.45, 2.75) is 37.3 Å². The van der Waals surface area contributed by atoms with Crippen LogP contribution in [-0.2, 0) is 19.1 Å². The molecule has 0 heterocycles. The Morgan fingerprint density at radius 3 is 2.26 bits per heavy atom. The Kier molecular flexibility index (Phi) is 4.64. The van der Waals surface area contributed by atoms with E-state index in [1.165, 1.54) is 19.2 Å². The number of hydrogen-bond acceptors (Lipinski definition) is 4. The van der Waals surface area contributed by atoms with Crippen molar-refractivity contribution >= 4 is 49.4 Å². The first-order valence-corrected chi connectivity index (χ1v) is 9.79. The van der Waals surface area contributed by atoms with Crippen LogP contribution >= 0.6 is 15.9 Å². The van der Waals surface area contributed by atoms with Gasteiger partial charge in [0.05, 0.1) is 0 Å². The predicted octanol–water partition coefficient (Wildman–Crippen LogP) is 5.37. The second-order valence-electron chi connectivity index (χ2n) is 6.87. The van der Waals surface area contributed by atoms with Crippen molar-refractivity contribution in [3.8, 4) is 0 Å². The Balaban J connectivity index is 1.93. The Hall–Kier alpha value is -2.40. The highest BCUT2D eigenvalue weighted by molar-refractivity contribution is 9.09.